The quantitative estimate of drug-likeness (QED) is 0.241. The molecule has 11 nitrogen and oxygen atoms in total. The summed E-state index contributed by atoms with van der Waals surface area (Å²) in [4.78, 5) is 24.4. The summed E-state index contributed by atoms with van der Waals surface area (Å²) in [5.74, 6) is -3.98. The van der Waals surface area contributed by atoms with E-state index in [9.17, 15) is 38.4 Å². The van der Waals surface area contributed by atoms with Gasteiger partial charge in [-0.1, -0.05) is 30.3 Å². The fourth-order valence-corrected chi connectivity index (χ4v) is 4.76. The minimum Gasteiger partial charge on any atom is -0.481 e. The van der Waals surface area contributed by atoms with E-state index in [2.05, 4.69) is 5.32 Å². The molecule has 1 aliphatic heterocycles. The monoisotopic (exact) mass is 475 g/mol. The van der Waals surface area contributed by atoms with Crippen LogP contribution in [0.2, 0.25) is 0 Å². The second-order valence-electron chi connectivity index (χ2n) is 8.15. The number of hydrogen-bond acceptors (Lipinski definition) is 9. The first-order valence-electron chi connectivity index (χ1n) is 9.95. The topological polar surface area (TPSA) is 191 Å². The summed E-state index contributed by atoms with van der Waals surface area (Å²) < 4.78 is 28.8. The number of carbonyl (C=O) groups excluding carboxylic acids is 1. The number of aliphatic carboxylic acids is 1. The number of benzene rings is 1. The normalized spacial score (nSPS) is 27.5. The van der Waals surface area contributed by atoms with E-state index in [4.69, 9.17) is 9.84 Å². The summed E-state index contributed by atoms with van der Waals surface area (Å²) in [6.07, 6.45) is -6.71. The molecule has 0 aliphatic carbocycles. The zero-order chi connectivity index (χ0) is 24.3. The predicted molar refractivity (Wildman–Crippen MR) is 111 cm³/mol. The van der Waals surface area contributed by atoms with Gasteiger partial charge in [0.1, 0.15) is 29.1 Å². The summed E-state index contributed by atoms with van der Waals surface area (Å²) in [5.41, 5.74) is 0.426. The molecule has 1 aliphatic rings. The lowest BCUT2D eigenvalue weighted by Crippen LogP contribution is -2.66. The molecule has 0 radical (unpaired) electrons. The third-order valence-corrected chi connectivity index (χ3v) is 8.21. The van der Waals surface area contributed by atoms with E-state index in [-0.39, 0.29) is 6.42 Å². The smallest absolute Gasteiger partial charge is 0.311 e. The summed E-state index contributed by atoms with van der Waals surface area (Å²) in [7, 11) is -4.19. The van der Waals surface area contributed by atoms with Crippen LogP contribution in [0.3, 0.4) is 0 Å². The van der Waals surface area contributed by atoms with Crippen molar-refractivity contribution in [2.45, 2.75) is 61.6 Å². The fourth-order valence-electron chi connectivity index (χ4n) is 3.37. The number of rotatable bonds is 9. The molecule has 6 atom stereocenters. The molecule has 0 aromatic heterocycles. The molecule has 0 spiro atoms. The van der Waals surface area contributed by atoms with E-state index in [0.29, 0.717) is 5.56 Å². The van der Waals surface area contributed by atoms with Crippen LogP contribution in [-0.4, -0.2) is 93.6 Å². The van der Waals surface area contributed by atoms with Gasteiger partial charge in [0.05, 0.1) is 18.3 Å². The molecule has 0 bridgehead atoms. The molecule has 12 heteroatoms. The maximum Gasteiger partial charge on any atom is 0.311 e. The molecule has 6 N–H and O–H groups in total. The van der Waals surface area contributed by atoms with Crippen molar-refractivity contribution in [1.29, 1.82) is 0 Å². The number of ether oxygens (including phenoxy) is 1. The Morgan fingerprint density at radius 2 is 1.72 bits per heavy atom. The molecule has 2 rings (SSSR count). The van der Waals surface area contributed by atoms with Gasteiger partial charge in [0.25, 0.3) is 0 Å². The standard InChI is InChI=1S/C20H29NO10S/c1-20(2,19(28)21-14-16(24)15(23)13(10-22)31-18(14)27)32(29,30)9-8-12(17(25)26)11-6-4-3-5-7-11/h3-7,12-16,18,22-24,27H,8-10H2,1-2H3,(H,21,28)(H,25,26)/t12-,13+,14-,15+,16+,18-/m0/s1. The molecule has 0 unspecified atom stereocenters. The minimum absolute atomic E-state index is 0.271. The Bertz CT molecular complexity index is 904. The van der Waals surface area contributed by atoms with Crippen LogP contribution in [0.15, 0.2) is 30.3 Å². The van der Waals surface area contributed by atoms with Crippen LogP contribution in [0.4, 0.5) is 0 Å². The fraction of sp³-hybridized carbons (Fsp3) is 0.600. The lowest BCUT2D eigenvalue weighted by molar-refractivity contribution is -0.254. The summed E-state index contributed by atoms with van der Waals surface area (Å²) in [6.45, 7) is 1.54. The Morgan fingerprint density at radius 1 is 1.12 bits per heavy atom. The molecule has 1 fully saturated rings. The second kappa shape index (κ2) is 10.2. The molecular weight excluding hydrogens is 446 g/mol. The molecule has 32 heavy (non-hydrogen) atoms. The van der Waals surface area contributed by atoms with Crippen LogP contribution in [0.5, 0.6) is 0 Å². The molecule has 1 saturated heterocycles. The number of hydrogen-bond donors (Lipinski definition) is 6. The van der Waals surface area contributed by atoms with Crippen molar-refractivity contribution in [1.82, 2.24) is 5.32 Å². The zero-order valence-corrected chi connectivity index (χ0v) is 18.5. The van der Waals surface area contributed by atoms with Crippen molar-refractivity contribution in [3.63, 3.8) is 0 Å². The van der Waals surface area contributed by atoms with E-state index in [1.807, 2.05) is 0 Å². The number of sulfone groups is 1. The lowest BCUT2D eigenvalue weighted by atomic mass is 9.96. The molecule has 180 valence electrons. The van der Waals surface area contributed by atoms with Gasteiger partial charge in [0.15, 0.2) is 16.1 Å². The van der Waals surface area contributed by atoms with Crippen molar-refractivity contribution < 1.29 is 48.3 Å². The van der Waals surface area contributed by atoms with E-state index >= 15 is 0 Å². The van der Waals surface area contributed by atoms with Gasteiger partial charge in [-0.3, -0.25) is 9.59 Å². The van der Waals surface area contributed by atoms with Crippen LogP contribution in [0.1, 0.15) is 31.7 Å². The van der Waals surface area contributed by atoms with Gasteiger partial charge >= 0.3 is 5.97 Å². The van der Waals surface area contributed by atoms with E-state index in [1.165, 1.54) is 0 Å². The van der Waals surface area contributed by atoms with Crippen LogP contribution in [0, 0.1) is 0 Å². The highest BCUT2D eigenvalue weighted by Gasteiger charge is 2.48. The number of carboxylic acid groups (broad SMARTS) is 1. The molecular formula is C20H29NO10S. The number of carboxylic acids is 1. The maximum atomic E-state index is 12.9. The zero-order valence-electron chi connectivity index (χ0n) is 17.7. The van der Waals surface area contributed by atoms with Crippen molar-refractivity contribution in [2.75, 3.05) is 12.4 Å². The minimum atomic E-state index is -4.19. The van der Waals surface area contributed by atoms with Crippen LogP contribution in [-0.2, 0) is 24.2 Å². The van der Waals surface area contributed by atoms with E-state index in [0.717, 1.165) is 13.8 Å². The van der Waals surface area contributed by atoms with Crippen LogP contribution in [0.25, 0.3) is 0 Å². The summed E-state index contributed by atoms with van der Waals surface area (Å²) in [6, 6.07) is 6.56. The first kappa shape index (κ1) is 26.2. The van der Waals surface area contributed by atoms with Crippen molar-refractivity contribution >= 4 is 21.7 Å². The first-order chi connectivity index (χ1) is 14.8. The van der Waals surface area contributed by atoms with Gasteiger partial charge in [-0.15, -0.1) is 0 Å². The number of carbonyl (C=O) groups is 2. The molecule has 1 amide bonds. The van der Waals surface area contributed by atoms with E-state index in [1.54, 1.807) is 30.3 Å². The Balaban J connectivity index is 2.13. The second-order valence-corrected chi connectivity index (χ2v) is 10.8. The SMILES string of the molecule is CC(C)(C(=O)N[C@H]1[C@@H](O)[C@H](O)[C@@H](CO)O[C@@H]1O)S(=O)(=O)CC[C@H](C(=O)O)c1ccccc1. The third kappa shape index (κ3) is 5.45. The third-order valence-electron chi connectivity index (χ3n) is 5.70. The Kier molecular flexibility index (Phi) is 8.37. The first-order valence-corrected chi connectivity index (χ1v) is 11.6. The lowest BCUT2D eigenvalue weighted by Gasteiger charge is -2.41. The molecule has 0 saturated carbocycles. The van der Waals surface area contributed by atoms with Crippen LogP contribution < -0.4 is 5.32 Å². The molecule has 1 heterocycles. The molecule has 1 aromatic rings. The van der Waals surface area contributed by atoms with Gasteiger partial charge in [0, 0.05) is 0 Å². The van der Waals surface area contributed by atoms with Crippen LogP contribution >= 0.6 is 0 Å². The average Bonchev–Trinajstić information content (AvgIpc) is 2.73. The van der Waals surface area contributed by atoms with Crippen molar-refractivity contribution in [2.24, 2.45) is 0 Å². The van der Waals surface area contributed by atoms with Gasteiger partial charge < -0.3 is 35.6 Å². The Morgan fingerprint density at radius 3 is 2.25 bits per heavy atom. The highest BCUT2D eigenvalue weighted by Crippen LogP contribution is 2.26. The highest BCUT2D eigenvalue weighted by atomic mass is 32.2. The Hall–Kier alpha value is -2.09. The number of nitrogens with one attached hydrogen (secondary N) is 1. The number of aliphatic hydroxyl groups excluding tert-OH is 4. The number of amides is 1. The summed E-state index contributed by atoms with van der Waals surface area (Å²) in [5, 5.41) is 50.9. The van der Waals surface area contributed by atoms with Gasteiger partial charge in [-0.2, -0.15) is 0 Å². The number of aliphatic hydroxyl groups is 4. The van der Waals surface area contributed by atoms with Gasteiger partial charge in [-0.05, 0) is 25.8 Å². The maximum absolute atomic E-state index is 12.9. The predicted octanol–water partition coefficient (Wildman–Crippen LogP) is -1.65. The van der Waals surface area contributed by atoms with Gasteiger partial charge in [0.2, 0.25) is 5.91 Å². The highest BCUT2D eigenvalue weighted by molar-refractivity contribution is 7.93. The van der Waals surface area contributed by atoms with Gasteiger partial charge in [-0.25, -0.2) is 8.42 Å². The average molecular weight is 476 g/mol. The van der Waals surface area contributed by atoms with Crippen molar-refractivity contribution in [3.8, 4) is 0 Å². The van der Waals surface area contributed by atoms with Crippen molar-refractivity contribution in [3.05, 3.63) is 35.9 Å². The van der Waals surface area contributed by atoms with E-state index < -0.39 is 75.4 Å². The largest absolute Gasteiger partial charge is 0.481 e. The molecule has 1 aromatic carbocycles. The Labute approximate surface area is 185 Å². The summed E-state index contributed by atoms with van der Waals surface area (Å²) >= 11 is 0.